The van der Waals surface area contributed by atoms with Crippen LogP contribution in [0, 0.1) is 5.82 Å². The Labute approximate surface area is 118 Å². The highest BCUT2D eigenvalue weighted by Crippen LogP contribution is 2.21. The molecule has 0 aromatic heterocycles. The summed E-state index contributed by atoms with van der Waals surface area (Å²) < 4.78 is 18.9. The van der Waals surface area contributed by atoms with Gasteiger partial charge in [-0.2, -0.15) is 0 Å². The highest BCUT2D eigenvalue weighted by atomic mass is 19.1. The fraction of sp³-hybridized carbons (Fsp3) is 0.533. The molecule has 1 amide bonds. The van der Waals surface area contributed by atoms with E-state index in [1.807, 2.05) is 13.0 Å². The summed E-state index contributed by atoms with van der Waals surface area (Å²) in [6.45, 7) is 3.38. The van der Waals surface area contributed by atoms with Gasteiger partial charge in [0.05, 0.1) is 13.0 Å². The maximum absolute atomic E-state index is 13.5. The van der Waals surface area contributed by atoms with E-state index in [-0.39, 0.29) is 24.8 Å². The van der Waals surface area contributed by atoms with Gasteiger partial charge in [0.25, 0.3) is 0 Å². The van der Waals surface area contributed by atoms with Crippen molar-refractivity contribution >= 4 is 5.91 Å². The number of rotatable bonds is 8. The molecule has 0 unspecified atom stereocenters. The summed E-state index contributed by atoms with van der Waals surface area (Å²) in [4.78, 5) is 11.3. The van der Waals surface area contributed by atoms with Gasteiger partial charge in [-0.1, -0.05) is 0 Å². The molecule has 0 radical (unpaired) electrons. The van der Waals surface area contributed by atoms with Gasteiger partial charge in [0.15, 0.2) is 0 Å². The average Bonchev–Trinajstić information content (AvgIpc) is 3.20. The first kappa shape index (κ1) is 14.8. The molecule has 0 saturated heterocycles. The first-order chi connectivity index (χ1) is 9.67. The molecule has 0 aliphatic heterocycles. The zero-order valence-corrected chi connectivity index (χ0v) is 11.7. The summed E-state index contributed by atoms with van der Waals surface area (Å²) in [6.07, 6.45) is 2.68. The molecule has 2 N–H and O–H groups in total. The lowest BCUT2D eigenvalue weighted by molar-refractivity contribution is -0.121. The molecule has 0 spiro atoms. The van der Waals surface area contributed by atoms with Crippen LogP contribution in [0.5, 0.6) is 5.75 Å². The van der Waals surface area contributed by atoms with Gasteiger partial charge in [-0.15, -0.1) is 0 Å². The molecule has 1 aromatic carbocycles. The van der Waals surface area contributed by atoms with Crippen LogP contribution in [0.2, 0.25) is 0 Å². The normalized spacial score (nSPS) is 14.1. The Morgan fingerprint density at radius 2 is 2.20 bits per heavy atom. The molecular formula is C15H21FN2O2. The maximum atomic E-state index is 13.5. The number of amides is 1. The third kappa shape index (κ3) is 5.17. The van der Waals surface area contributed by atoms with Crippen LogP contribution in [0.1, 0.15) is 31.7 Å². The van der Waals surface area contributed by atoms with Crippen molar-refractivity contribution in [2.75, 3.05) is 13.2 Å². The van der Waals surface area contributed by atoms with Crippen molar-refractivity contribution in [2.45, 2.75) is 38.8 Å². The second kappa shape index (κ2) is 7.24. The lowest BCUT2D eigenvalue weighted by Crippen LogP contribution is -2.24. The summed E-state index contributed by atoms with van der Waals surface area (Å²) in [5.41, 5.74) is 0.866. The quantitative estimate of drug-likeness (QED) is 0.765. The molecule has 4 nitrogen and oxygen atoms in total. The summed E-state index contributed by atoms with van der Waals surface area (Å²) in [5, 5.41) is 6.02. The fourth-order valence-electron chi connectivity index (χ4n) is 1.90. The summed E-state index contributed by atoms with van der Waals surface area (Å²) in [5.74, 6) is 0.106. The minimum absolute atomic E-state index is 0.0560. The van der Waals surface area contributed by atoms with E-state index in [1.165, 1.54) is 25.0 Å². The lowest BCUT2D eigenvalue weighted by atomic mass is 10.2. The van der Waals surface area contributed by atoms with Crippen LogP contribution < -0.4 is 15.4 Å². The van der Waals surface area contributed by atoms with Crippen LogP contribution in [0.15, 0.2) is 18.2 Å². The molecule has 1 aliphatic rings. The Morgan fingerprint density at radius 3 is 2.90 bits per heavy atom. The Hall–Kier alpha value is -1.62. The molecule has 0 heterocycles. The van der Waals surface area contributed by atoms with Crippen molar-refractivity contribution in [3.8, 4) is 5.75 Å². The van der Waals surface area contributed by atoms with Crippen LogP contribution in [0.3, 0.4) is 0 Å². The van der Waals surface area contributed by atoms with Gasteiger partial charge in [-0.25, -0.2) is 4.39 Å². The molecule has 1 aliphatic carbocycles. The van der Waals surface area contributed by atoms with Gasteiger partial charge in [0, 0.05) is 25.2 Å². The molecule has 5 heteroatoms. The number of nitrogens with one attached hydrogen (secondary N) is 2. The van der Waals surface area contributed by atoms with E-state index in [1.54, 1.807) is 0 Å². The van der Waals surface area contributed by atoms with Crippen molar-refractivity contribution in [1.82, 2.24) is 10.6 Å². The first-order valence-corrected chi connectivity index (χ1v) is 7.09. The van der Waals surface area contributed by atoms with E-state index in [0.29, 0.717) is 24.9 Å². The third-order valence-corrected chi connectivity index (χ3v) is 3.08. The number of hydrogen-bond donors (Lipinski definition) is 2. The zero-order valence-electron chi connectivity index (χ0n) is 11.7. The summed E-state index contributed by atoms with van der Waals surface area (Å²) in [7, 11) is 0. The van der Waals surface area contributed by atoms with Crippen molar-refractivity contribution < 1.29 is 13.9 Å². The summed E-state index contributed by atoms with van der Waals surface area (Å²) >= 11 is 0. The van der Waals surface area contributed by atoms with Crippen LogP contribution in [-0.2, 0) is 11.3 Å². The molecule has 2 rings (SSSR count). The Morgan fingerprint density at radius 1 is 1.40 bits per heavy atom. The summed E-state index contributed by atoms with van der Waals surface area (Å²) in [6, 6.07) is 5.25. The molecule has 1 aromatic rings. The van der Waals surface area contributed by atoms with Crippen LogP contribution in [0.4, 0.5) is 4.39 Å². The van der Waals surface area contributed by atoms with Gasteiger partial charge in [0.2, 0.25) is 5.91 Å². The number of ether oxygens (including phenoxy) is 1. The van der Waals surface area contributed by atoms with E-state index < -0.39 is 0 Å². The van der Waals surface area contributed by atoms with Gasteiger partial charge in [-0.3, -0.25) is 4.79 Å². The Bertz CT molecular complexity index is 461. The second-order valence-corrected chi connectivity index (χ2v) is 5.00. The van der Waals surface area contributed by atoms with Crippen LogP contribution in [0.25, 0.3) is 0 Å². The van der Waals surface area contributed by atoms with E-state index in [4.69, 9.17) is 4.74 Å². The van der Waals surface area contributed by atoms with Crippen LogP contribution >= 0.6 is 0 Å². The second-order valence-electron chi connectivity index (χ2n) is 5.00. The number of carbonyl (C=O) groups is 1. The predicted octanol–water partition coefficient (Wildman–Crippen LogP) is 1.98. The average molecular weight is 280 g/mol. The van der Waals surface area contributed by atoms with Crippen molar-refractivity contribution in [2.24, 2.45) is 0 Å². The lowest BCUT2D eigenvalue weighted by Gasteiger charge is -2.09. The molecule has 1 fully saturated rings. The molecule has 0 bridgehead atoms. The fourth-order valence-corrected chi connectivity index (χ4v) is 1.90. The van der Waals surface area contributed by atoms with Gasteiger partial charge in [-0.05, 0) is 37.5 Å². The van der Waals surface area contributed by atoms with Crippen molar-refractivity contribution in [3.63, 3.8) is 0 Å². The van der Waals surface area contributed by atoms with Crippen LogP contribution in [-0.4, -0.2) is 25.1 Å². The predicted molar refractivity (Wildman–Crippen MR) is 75.1 cm³/mol. The molecule has 0 atom stereocenters. The molecular weight excluding hydrogens is 259 g/mol. The molecule has 1 saturated carbocycles. The monoisotopic (exact) mass is 280 g/mol. The highest BCUT2D eigenvalue weighted by Gasteiger charge is 2.20. The largest absolute Gasteiger partial charge is 0.493 e. The zero-order chi connectivity index (χ0) is 14.4. The number of hydrogen-bond acceptors (Lipinski definition) is 3. The topological polar surface area (TPSA) is 50.4 Å². The Balaban J connectivity index is 1.81. The number of carbonyl (C=O) groups excluding carboxylic acids is 1. The van der Waals surface area contributed by atoms with Crippen molar-refractivity contribution in [1.29, 1.82) is 0 Å². The number of benzene rings is 1. The van der Waals surface area contributed by atoms with E-state index in [0.717, 1.165) is 5.56 Å². The first-order valence-electron chi connectivity index (χ1n) is 7.09. The maximum Gasteiger partial charge on any atom is 0.223 e. The van der Waals surface area contributed by atoms with E-state index in [2.05, 4.69) is 10.6 Å². The van der Waals surface area contributed by atoms with E-state index >= 15 is 0 Å². The standard InChI is InChI=1S/C15H21FN2O2/c1-2-17-15(19)5-6-20-14-8-11(7-12(16)9-14)10-18-13-3-4-13/h7-9,13,18H,2-6,10H2,1H3,(H,17,19). The Kier molecular flexibility index (Phi) is 5.35. The molecule has 20 heavy (non-hydrogen) atoms. The van der Waals surface area contributed by atoms with Gasteiger partial charge >= 0.3 is 0 Å². The van der Waals surface area contributed by atoms with Gasteiger partial charge < -0.3 is 15.4 Å². The number of halogens is 1. The SMILES string of the molecule is CCNC(=O)CCOc1cc(F)cc(CNC2CC2)c1. The van der Waals surface area contributed by atoms with Crippen molar-refractivity contribution in [3.05, 3.63) is 29.6 Å². The smallest absolute Gasteiger partial charge is 0.223 e. The van der Waals surface area contributed by atoms with E-state index in [9.17, 15) is 9.18 Å². The van der Waals surface area contributed by atoms with Gasteiger partial charge in [0.1, 0.15) is 11.6 Å². The highest BCUT2D eigenvalue weighted by molar-refractivity contribution is 5.75. The minimum atomic E-state index is -0.312. The molecule has 110 valence electrons. The third-order valence-electron chi connectivity index (χ3n) is 3.08. The minimum Gasteiger partial charge on any atom is -0.493 e.